The number of hydrogen-bond donors (Lipinski definition) is 2. The lowest BCUT2D eigenvalue weighted by Crippen LogP contribution is -2.12. The fraction of sp³-hybridized carbons (Fsp3) is 0.174. The Balaban J connectivity index is 1.53. The molecule has 5 heteroatoms. The molecule has 0 bridgehead atoms. The first kappa shape index (κ1) is 16.8. The molecule has 140 valence electrons. The van der Waals surface area contributed by atoms with Gasteiger partial charge in [-0.3, -0.25) is 0 Å². The van der Waals surface area contributed by atoms with Gasteiger partial charge in [-0.25, -0.2) is 4.98 Å². The number of ether oxygens (including phenoxy) is 1. The molecule has 1 unspecified atom stereocenters. The van der Waals surface area contributed by atoms with Crippen molar-refractivity contribution in [3.63, 3.8) is 0 Å². The molecule has 3 N–H and O–H groups in total. The number of fused-ring (bicyclic) bond motifs is 1. The predicted octanol–water partition coefficient (Wildman–Crippen LogP) is 4.61. The Morgan fingerprint density at radius 1 is 1.00 bits per heavy atom. The van der Waals surface area contributed by atoms with Gasteiger partial charge in [0.1, 0.15) is 17.3 Å². The Morgan fingerprint density at radius 3 is 2.54 bits per heavy atom. The molecule has 3 heterocycles. The van der Waals surface area contributed by atoms with Gasteiger partial charge in [-0.05, 0) is 48.9 Å². The van der Waals surface area contributed by atoms with Crippen LogP contribution in [0, 0.1) is 0 Å². The quantitative estimate of drug-likeness (QED) is 0.550. The molecule has 5 rings (SSSR count). The summed E-state index contributed by atoms with van der Waals surface area (Å²) in [6.07, 6.45) is 5.12. The molecule has 1 aliphatic heterocycles. The third-order valence-electron chi connectivity index (χ3n) is 5.35. The number of hydrogen-bond acceptors (Lipinski definition) is 4. The van der Waals surface area contributed by atoms with E-state index in [1.807, 2.05) is 42.5 Å². The normalized spacial score (nSPS) is 16.5. The first-order chi connectivity index (χ1) is 13.8. The van der Waals surface area contributed by atoms with E-state index in [9.17, 15) is 0 Å². The highest BCUT2D eigenvalue weighted by atomic mass is 16.5. The molecule has 5 nitrogen and oxygen atoms in total. The van der Waals surface area contributed by atoms with E-state index in [1.165, 1.54) is 0 Å². The highest BCUT2D eigenvalue weighted by molar-refractivity contribution is 6.02. The topological polar surface area (TPSA) is 65.1 Å². The summed E-state index contributed by atoms with van der Waals surface area (Å²) in [6, 6.07) is 20.5. The van der Waals surface area contributed by atoms with Gasteiger partial charge >= 0.3 is 0 Å². The zero-order chi connectivity index (χ0) is 18.9. The van der Waals surface area contributed by atoms with Crippen LogP contribution >= 0.6 is 0 Å². The van der Waals surface area contributed by atoms with Crippen LogP contribution < -0.4 is 15.8 Å². The smallest absolute Gasteiger partial charge is 0.133 e. The summed E-state index contributed by atoms with van der Waals surface area (Å²) in [4.78, 5) is 4.33. The van der Waals surface area contributed by atoms with Gasteiger partial charge < -0.3 is 20.4 Å². The van der Waals surface area contributed by atoms with Crippen molar-refractivity contribution in [2.24, 2.45) is 0 Å². The zero-order valence-electron chi connectivity index (χ0n) is 15.5. The Morgan fingerprint density at radius 2 is 1.79 bits per heavy atom. The third-order valence-corrected chi connectivity index (χ3v) is 5.35. The molecule has 0 spiro atoms. The van der Waals surface area contributed by atoms with E-state index < -0.39 is 0 Å². The number of nitrogens with zero attached hydrogens (tertiary/aromatic N) is 2. The fourth-order valence-corrected chi connectivity index (χ4v) is 3.96. The highest BCUT2D eigenvalue weighted by Gasteiger charge is 2.21. The average Bonchev–Trinajstić information content (AvgIpc) is 3.38. The zero-order valence-corrected chi connectivity index (χ0v) is 15.5. The molecule has 4 aromatic rings. The van der Waals surface area contributed by atoms with Gasteiger partial charge in [0, 0.05) is 35.9 Å². The van der Waals surface area contributed by atoms with Crippen LogP contribution in [0.5, 0.6) is 11.5 Å². The molecule has 1 atom stereocenters. The predicted molar refractivity (Wildman–Crippen MR) is 113 cm³/mol. The molecular weight excluding hydrogens is 348 g/mol. The molecule has 1 aliphatic rings. The van der Waals surface area contributed by atoms with E-state index in [1.54, 1.807) is 6.20 Å². The molecular formula is C23H22N4O. The second-order valence-corrected chi connectivity index (χ2v) is 7.13. The first-order valence-corrected chi connectivity index (χ1v) is 9.59. The monoisotopic (exact) mass is 370 g/mol. The lowest BCUT2D eigenvalue weighted by atomic mass is 10.1. The van der Waals surface area contributed by atoms with Crippen LogP contribution in [-0.4, -0.2) is 22.6 Å². The standard InChI is InChI=1S/C23H22N4O/c24-23-22-20(15-27(17-10-12-25-14-17)21(22)11-13-26-23)16-6-8-19(9-7-16)28-18-4-2-1-3-5-18/h1-9,11,13,15,17,25H,10,12,14H2,(H2,24,26). The summed E-state index contributed by atoms with van der Waals surface area (Å²) in [5.74, 6) is 2.21. The van der Waals surface area contributed by atoms with E-state index in [4.69, 9.17) is 10.5 Å². The van der Waals surface area contributed by atoms with E-state index >= 15 is 0 Å². The minimum atomic E-state index is 0.443. The van der Waals surface area contributed by atoms with Crippen LogP contribution in [0.4, 0.5) is 5.82 Å². The maximum atomic E-state index is 6.27. The van der Waals surface area contributed by atoms with Crippen LogP contribution in [0.2, 0.25) is 0 Å². The first-order valence-electron chi connectivity index (χ1n) is 9.59. The maximum absolute atomic E-state index is 6.27. The average molecular weight is 370 g/mol. The number of anilines is 1. The second kappa shape index (κ2) is 7.02. The SMILES string of the molecule is Nc1nccc2c1c(-c1ccc(Oc3ccccc3)cc1)cn2C1CCNC1. The molecule has 2 aromatic heterocycles. The van der Waals surface area contributed by atoms with Gasteiger partial charge in [-0.15, -0.1) is 0 Å². The summed E-state index contributed by atoms with van der Waals surface area (Å²) in [5.41, 5.74) is 9.63. The molecule has 0 saturated carbocycles. The van der Waals surface area contributed by atoms with Gasteiger partial charge in [0.25, 0.3) is 0 Å². The number of para-hydroxylation sites is 1. The number of benzene rings is 2. The van der Waals surface area contributed by atoms with Gasteiger partial charge in [-0.2, -0.15) is 0 Å². The molecule has 0 amide bonds. The van der Waals surface area contributed by atoms with Crippen LogP contribution in [-0.2, 0) is 0 Å². The summed E-state index contributed by atoms with van der Waals surface area (Å²) >= 11 is 0. The van der Waals surface area contributed by atoms with Gasteiger partial charge in [0.15, 0.2) is 0 Å². The molecule has 1 fully saturated rings. The van der Waals surface area contributed by atoms with Gasteiger partial charge in [0.2, 0.25) is 0 Å². The van der Waals surface area contributed by atoms with Crippen molar-refractivity contribution in [2.45, 2.75) is 12.5 Å². The minimum Gasteiger partial charge on any atom is -0.457 e. The number of nitrogen functional groups attached to an aromatic ring is 1. The number of aromatic nitrogens is 2. The van der Waals surface area contributed by atoms with Crippen LogP contribution in [0.3, 0.4) is 0 Å². The Kier molecular flexibility index (Phi) is 4.22. The lowest BCUT2D eigenvalue weighted by molar-refractivity contribution is 0.483. The lowest BCUT2D eigenvalue weighted by Gasteiger charge is -2.12. The van der Waals surface area contributed by atoms with E-state index in [0.717, 1.165) is 53.0 Å². The number of nitrogens with two attached hydrogens (primary N) is 1. The van der Waals surface area contributed by atoms with Crippen molar-refractivity contribution in [3.05, 3.63) is 73.1 Å². The minimum absolute atomic E-state index is 0.443. The van der Waals surface area contributed by atoms with Crippen LogP contribution in [0.25, 0.3) is 22.0 Å². The highest BCUT2D eigenvalue weighted by Crippen LogP contribution is 2.37. The molecule has 1 saturated heterocycles. The Bertz CT molecular complexity index is 1100. The molecule has 0 radical (unpaired) electrons. The van der Waals surface area contributed by atoms with Crippen LogP contribution in [0.15, 0.2) is 73.1 Å². The van der Waals surface area contributed by atoms with Crippen molar-refractivity contribution in [2.75, 3.05) is 18.8 Å². The van der Waals surface area contributed by atoms with E-state index in [2.05, 4.69) is 39.3 Å². The summed E-state index contributed by atoms with van der Waals surface area (Å²) in [7, 11) is 0. The largest absolute Gasteiger partial charge is 0.457 e. The van der Waals surface area contributed by atoms with Crippen molar-refractivity contribution in [3.8, 4) is 22.6 Å². The number of rotatable bonds is 4. The summed E-state index contributed by atoms with van der Waals surface area (Å²) in [5, 5.41) is 4.47. The summed E-state index contributed by atoms with van der Waals surface area (Å²) < 4.78 is 8.26. The number of nitrogens with one attached hydrogen (secondary N) is 1. The fourth-order valence-electron chi connectivity index (χ4n) is 3.96. The van der Waals surface area contributed by atoms with Crippen molar-refractivity contribution >= 4 is 16.7 Å². The van der Waals surface area contributed by atoms with Gasteiger partial charge in [-0.1, -0.05) is 30.3 Å². The Hall–Kier alpha value is -3.31. The summed E-state index contributed by atoms with van der Waals surface area (Å²) in [6.45, 7) is 2.03. The maximum Gasteiger partial charge on any atom is 0.133 e. The molecule has 28 heavy (non-hydrogen) atoms. The van der Waals surface area contributed by atoms with Crippen LogP contribution in [0.1, 0.15) is 12.5 Å². The number of pyridine rings is 1. The van der Waals surface area contributed by atoms with E-state index in [0.29, 0.717) is 11.9 Å². The second-order valence-electron chi connectivity index (χ2n) is 7.13. The van der Waals surface area contributed by atoms with Crippen molar-refractivity contribution in [1.82, 2.24) is 14.9 Å². The Labute approximate surface area is 163 Å². The van der Waals surface area contributed by atoms with Gasteiger partial charge in [0.05, 0.1) is 5.52 Å². The molecule has 0 aliphatic carbocycles. The molecule has 2 aromatic carbocycles. The van der Waals surface area contributed by atoms with Crippen molar-refractivity contribution < 1.29 is 4.74 Å². The third kappa shape index (κ3) is 3.00. The van der Waals surface area contributed by atoms with Crippen molar-refractivity contribution in [1.29, 1.82) is 0 Å². The van der Waals surface area contributed by atoms with E-state index in [-0.39, 0.29) is 0 Å².